The molecule has 0 aliphatic carbocycles. The number of hydrogen-bond donors (Lipinski definition) is 1. The predicted octanol–water partition coefficient (Wildman–Crippen LogP) is 3.92. The molecule has 0 aromatic heterocycles. The first-order chi connectivity index (χ1) is 16.7. The summed E-state index contributed by atoms with van der Waals surface area (Å²) < 4.78 is 47.3. The molecule has 182 valence electrons. The molecule has 1 amide bonds. The van der Waals surface area contributed by atoms with Crippen LogP contribution in [0.2, 0.25) is 0 Å². The molecule has 9 heteroatoms. The van der Waals surface area contributed by atoms with Crippen molar-refractivity contribution < 1.29 is 27.1 Å². The van der Waals surface area contributed by atoms with Crippen LogP contribution in [0.5, 0.6) is 0 Å². The molecule has 1 N–H and O–H groups in total. The second-order valence-corrected chi connectivity index (χ2v) is 10.4. The lowest BCUT2D eigenvalue weighted by Gasteiger charge is -2.37. The summed E-state index contributed by atoms with van der Waals surface area (Å²) in [6, 6.07) is 21.4. The number of ether oxygens (including phenoxy) is 1. The van der Waals surface area contributed by atoms with Gasteiger partial charge in [0, 0.05) is 13.1 Å². The number of nitrogens with one attached hydrogen (secondary N) is 1. The summed E-state index contributed by atoms with van der Waals surface area (Å²) in [7, 11) is -3.89. The number of amides is 1. The minimum absolute atomic E-state index is 0.0475. The maximum atomic E-state index is 14.7. The van der Waals surface area contributed by atoms with E-state index in [4.69, 9.17) is 4.74 Å². The molecule has 0 spiro atoms. The van der Waals surface area contributed by atoms with Crippen molar-refractivity contribution in [2.24, 2.45) is 0 Å². The Morgan fingerprint density at radius 1 is 1.00 bits per heavy atom. The molecule has 4 rings (SSSR count). The average molecular weight is 497 g/mol. The molecule has 1 aliphatic heterocycles. The number of rotatable bonds is 8. The lowest BCUT2D eigenvalue weighted by Crippen LogP contribution is -2.59. The fourth-order valence-corrected chi connectivity index (χ4v) is 5.06. The number of ketones is 1. The molecule has 0 atom stereocenters. The van der Waals surface area contributed by atoms with E-state index in [1.165, 1.54) is 11.0 Å². The van der Waals surface area contributed by atoms with Gasteiger partial charge in [-0.1, -0.05) is 60.7 Å². The third-order valence-corrected chi connectivity index (χ3v) is 7.57. The van der Waals surface area contributed by atoms with Gasteiger partial charge in [-0.25, -0.2) is 22.3 Å². The van der Waals surface area contributed by atoms with Crippen molar-refractivity contribution in [2.75, 3.05) is 19.6 Å². The molecule has 35 heavy (non-hydrogen) atoms. The lowest BCUT2D eigenvalue weighted by atomic mass is 9.98. The van der Waals surface area contributed by atoms with E-state index >= 15 is 0 Å². The maximum absolute atomic E-state index is 14.7. The average Bonchev–Trinajstić information content (AvgIpc) is 2.83. The number of carbonyl (C=O) groups is 2. The van der Waals surface area contributed by atoms with Crippen molar-refractivity contribution in [3.63, 3.8) is 0 Å². The van der Waals surface area contributed by atoms with E-state index < -0.39 is 39.5 Å². The zero-order valence-corrected chi connectivity index (χ0v) is 19.9. The monoisotopic (exact) mass is 496 g/mol. The molecule has 0 saturated carbocycles. The number of aryl methyl sites for hydroxylation is 1. The number of halogens is 1. The molecule has 7 nitrogen and oxygen atoms in total. The van der Waals surface area contributed by atoms with Gasteiger partial charge >= 0.3 is 6.09 Å². The van der Waals surface area contributed by atoms with Gasteiger partial charge in [-0.2, -0.15) is 0 Å². The molecule has 1 heterocycles. The maximum Gasteiger partial charge on any atom is 0.410 e. The first kappa shape index (κ1) is 24.6. The Bertz CT molecular complexity index is 1320. The van der Waals surface area contributed by atoms with Crippen LogP contribution in [0.4, 0.5) is 9.18 Å². The zero-order chi connectivity index (χ0) is 25.0. The summed E-state index contributed by atoms with van der Waals surface area (Å²) in [6.07, 6.45) is -0.605. The van der Waals surface area contributed by atoms with Crippen molar-refractivity contribution in [2.45, 2.75) is 18.8 Å². The number of Topliss-reactive ketones (excluding diaryl/α,β-unsaturated/α-hetero) is 1. The molecule has 3 aromatic rings. The summed E-state index contributed by atoms with van der Waals surface area (Å²) in [6.45, 7) is 0.976. The van der Waals surface area contributed by atoms with Gasteiger partial charge in [0.25, 0.3) is 0 Å². The summed E-state index contributed by atoms with van der Waals surface area (Å²) in [4.78, 5) is 26.1. The molecule has 0 bridgehead atoms. The van der Waals surface area contributed by atoms with Gasteiger partial charge in [0.05, 0.1) is 12.1 Å². The van der Waals surface area contributed by atoms with Crippen LogP contribution >= 0.6 is 0 Å². The van der Waals surface area contributed by atoms with Crippen LogP contribution in [0.15, 0.2) is 72.8 Å². The molecular formula is C26H25FN2O5S. The molecule has 1 aliphatic rings. The van der Waals surface area contributed by atoms with Crippen molar-refractivity contribution in [1.29, 1.82) is 0 Å². The van der Waals surface area contributed by atoms with Crippen molar-refractivity contribution >= 4 is 21.9 Å². The van der Waals surface area contributed by atoms with Crippen molar-refractivity contribution in [1.82, 2.24) is 9.62 Å². The van der Waals surface area contributed by atoms with Crippen LogP contribution in [0, 0.1) is 12.7 Å². The Labute approximate surface area is 203 Å². The summed E-state index contributed by atoms with van der Waals surface area (Å²) in [5.74, 6) is -1.35. The number of sulfonamides is 1. The Hall–Kier alpha value is -3.56. The van der Waals surface area contributed by atoms with Gasteiger partial charge in [0.15, 0.2) is 5.78 Å². The second kappa shape index (κ2) is 10.4. The number of carbonyl (C=O) groups excluding carboxylic acids is 2. The van der Waals surface area contributed by atoms with Crippen LogP contribution < -0.4 is 4.72 Å². The van der Waals surface area contributed by atoms with E-state index in [0.717, 1.165) is 11.1 Å². The summed E-state index contributed by atoms with van der Waals surface area (Å²) >= 11 is 0. The van der Waals surface area contributed by atoms with Crippen LogP contribution in [0.1, 0.15) is 21.5 Å². The second-order valence-electron chi connectivity index (χ2n) is 8.38. The lowest BCUT2D eigenvalue weighted by molar-refractivity contribution is 0.0765. The molecule has 0 unspecified atom stereocenters. The normalized spacial score (nSPS) is 13.8. The molecule has 3 aromatic carbocycles. The number of nitrogens with zero attached hydrogens (tertiary/aromatic N) is 1. The minimum Gasteiger partial charge on any atom is -0.445 e. The highest BCUT2D eigenvalue weighted by Crippen LogP contribution is 2.25. The fraction of sp³-hybridized carbons (Fsp3) is 0.231. The largest absolute Gasteiger partial charge is 0.445 e. The van der Waals surface area contributed by atoms with Gasteiger partial charge < -0.3 is 9.64 Å². The van der Waals surface area contributed by atoms with Crippen LogP contribution in [-0.4, -0.2) is 50.1 Å². The van der Waals surface area contributed by atoms with E-state index in [1.54, 1.807) is 13.0 Å². The van der Waals surface area contributed by atoms with Gasteiger partial charge in [-0.15, -0.1) is 0 Å². The molecule has 1 saturated heterocycles. The standard InChI is InChI=1S/C26H25FN2O5S/c1-18-12-21(20-10-6-3-7-11-20)13-23(25(18)27)24(30)14-28-35(32,33)22-15-29(16-22)26(31)34-17-19-8-4-2-5-9-19/h2-13,22,28H,14-17H2,1H3. The van der Waals surface area contributed by atoms with Gasteiger partial charge in [-0.3, -0.25) is 4.79 Å². The SMILES string of the molecule is Cc1cc(-c2ccccc2)cc(C(=O)CNS(=O)(=O)C2CN(C(=O)OCc3ccccc3)C2)c1F. The molecular weight excluding hydrogens is 471 g/mol. The number of benzene rings is 3. The Morgan fingerprint density at radius 2 is 1.63 bits per heavy atom. The smallest absolute Gasteiger partial charge is 0.410 e. The third-order valence-electron chi connectivity index (χ3n) is 5.85. The van der Waals surface area contributed by atoms with Crippen molar-refractivity contribution in [3.8, 4) is 11.1 Å². The highest BCUT2D eigenvalue weighted by Gasteiger charge is 2.40. The highest BCUT2D eigenvalue weighted by atomic mass is 32.2. The van der Waals surface area contributed by atoms with Crippen LogP contribution in [0.3, 0.4) is 0 Å². The predicted molar refractivity (Wildman–Crippen MR) is 130 cm³/mol. The topological polar surface area (TPSA) is 92.8 Å². The summed E-state index contributed by atoms with van der Waals surface area (Å²) in [5, 5.41) is -0.873. The van der Waals surface area contributed by atoms with Gasteiger partial charge in [-0.05, 0) is 41.3 Å². The first-order valence-corrected chi connectivity index (χ1v) is 12.6. The Morgan fingerprint density at radius 3 is 2.29 bits per heavy atom. The number of likely N-dealkylation sites (tertiary alicyclic amines) is 1. The van der Waals surface area contributed by atoms with E-state index in [-0.39, 0.29) is 25.3 Å². The summed E-state index contributed by atoms with van der Waals surface area (Å²) in [5.41, 5.74) is 2.43. The first-order valence-electron chi connectivity index (χ1n) is 11.1. The Balaban J connectivity index is 1.33. The van der Waals surface area contributed by atoms with Crippen LogP contribution in [0.25, 0.3) is 11.1 Å². The van der Waals surface area contributed by atoms with Gasteiger partial charge in [0.2, 0.25) is 10.0 Å². The highest BCUT2D eigenvalue weighted by molar-refractivity contribution is 7.90. The Kier molecular flexibility index (Phi) is 7.28. The fourth-order valence-electron chi connectivity index (χ4n) is 3.74. The van der Waals surface area contributed by atoms with Crippen molar-refractivity contribution in [3.05, 3.63) is 95.3 Å². The quantitative estimate of drug-likeness (QED) is 0.477. The van der Waals surface area contributed by atoms with E-state index in [1.807, 2.05) is 60.7 Å². The molecule has 0 radical (unpaired) electrons. The van der Waals surface area contributed by atoms with E-state index in [2.05, 4.69) is 4.72 Å². The number of hydrogen-bond acceptors (Lipinski definition) is 5. The van der Waals surface area contributed by atoms with E-state index in [0.29, 0.717) is 11.1 Å². The molecule has 1 fully saturated rings. The third kappa shape index (κ3) is 5.75. The zero-order valence-electron chi connectivity index (χ0n) is 19.1. The van der Waals surface area contributed by atoms with Gasteiger partial charge in [0.1, 0.15) is 17.7 Å². The van der Waals surface area contributed by atoms with Crippen LogP contribution in [-0.2, 0) is 21.4 Å². The minimum atomic E-state index is -3.89. The van der Waals surface area contributed by atoms with E-state index in [9.17, 15) is 22.4 Å².